The van der Waals surface area contributed by atoms with Crippen LogP contribution in [0.2, 0.25) is 5.02 Å². The Morgan fingerprint density at radius 1 is 1.15 bits per heavy atom. The summed E-state index contributed by atoms with van der Waals surface area (Å²) in [5.74, 6) is 0.408. The second-order valence-corrected chi connectivity index (χ2v) is 5.53. The topological polar surface area (TPSA) is 29.1 Å². The summed E-state index contributed by atoms with van der Waals surface area (Å²) in [6.07, 6.45) is 0. The van der Waals surface area contributed by atoms with Gasteiger partial charge in [0.15, 0.2) is 0 Å². The van der Waals surface area contributed by atoms with Crippen molar-refractivity contribution in [1.82, 2.24) is 5.32 Å². The van der Waals surface area contributed by atoms with Crippen molar-refractivity contribution >= 4 is 17.5 Å². The maximum absolute atomic E-state index is 12.0. The lowest BCUT2D eigenvalue weighted by Crippen LogP contribution is -2.22. The van der Waals surface area contributed by atoms with Crippen LogP contribution in [0.3, 0.4) is 0 Å². The number of amides is 1. The maximum atomic E-state index is 12.0. The van der Waals surface area contributed by atoms with Crippen LogP contribution in [-0.4, -0.2) is 5.91 Å². The average molecular weight is 288 g/mol. The number of carbonyl (C=O) groups is 1. The first kappa shape index (κ1) is 14.6. The minimum Gasteiger partial charge on any atom is -0.348 e. The van der Waals surface area contributed by atoms with E-state index in [4.69, 9.17) is 11.6 Å². The monoisotopic (exact) mass is 287 g/mol. The fraction of sp³-hybridized carbons (Fsp3) is 0.235. The molecule has 1 N–H and O–H groups in total. The first-order valence-corrected chi connectivity index (χ1v) is 7.06. The van der Waals surface area contributed by atoms with Gasteiger partial charge in [-0.25, -0.2) is 0 Å². The lowest BCUT2D eigenvalue weighted by Gasteiger charge is -2.08. The molecule has 2 rings (SSSR count). The Morgan fingerprint density at radius 3 is 2.45 bits per heavy atom. The number of rotatable bonds is 4. The van der Waals surface area contributed by atoms with Gasteiger partial charge in [0.05, 0.1) is 0 Å². The summed E-state index contributed by atoms with van der Waals surface area (Å²) < 4.78 is 0. The van der Waals surface area contributed by atoms with Crippen LogP contribution in [0.25, 0.3) is 0 Å². The second kappa shape index (κ2) is 6.58. The van der Waals surface area contributed by atoms with Gasteiger partial charge in [-0.3, -0.25) is 4.79 Å². The van der Waals surface area contributed by atoms with E-state index < -0.39 is 0 Å². The number of carbonyl (C=O) groups excluding carboxylic acids is 1. The molecule has 0 aliphatic rings. The maximum Gasteiger partial charge on any atom is 0.251 e. The second-order valence-electron chi connectivity index (χ2n) is 5.09. The highest BCUT2D eigenvalue weighted by atomic mass is 35.5. The molecule has 0 saturated heterocycles. The van der Waals surface area contributed by atoms with Gasteiger partial charge < -0.3 is 5.32 Å². The summed E-state index contributed by atoms with van der Waals surface area (Å²) in [4.78, 5) is 12.0. The number of halogens is 1. The van der Waals surface area contributed by atoms with E-state index in [9.17, 15) is 4.79 Å². The van der Waals surface area contributed by atoms with Gasteiger partial charge in [-0.1, -0.05) is 55.8 Å². The third kappa shape index (κ3) is 3.84. The number of nitrogens with one attached hydrogen (secondary N) is 1. The summed E-state index contributed by atoms with van der Waals surface area (Å²) in [6.45, 7) is 4.84. The Hall–Kier alpha value is -1.80. The molecule has 0 fully saturated rings. The van der Waals surface area contributed by atoms with E-state index in [-0.39, 0.29) is 5.91 Å². The van der Waals surface area contributed by atoms with Crippen molar-refractivity contribution in [3.05, 3.63) is 70.2 Å². The van der Waals surface area contributed by atoms with E-state index in [2.05, 4.69) is 31.3 Å². The predicted molar refractivity (Wildman–Crippen MR) is 83.2 cm³/mol. The van der Waals surface area contributed by atoms with E-state index in [0.29, 0.717) is 23.0 Å². The molecule has 3 heteroatoms. The van der Waals surface area contributed by atoms with Crippen molar-refractivity contribution in [2.45, 2.75) is 26.3 Å². The minimum atomic E-state index is -0.111. The molecule has 104 valence electrons. The minimum absolute atomic E-state index is 0.111. The highest BCUT2D eigenvalue weighted by Gasteiger charge is 2.05. The van der Waals surface area contributed by atoms with E-state index in [1.165, 1.54) is 5.56 Å². The van der Waals surface area contributed by atoms with Gasteiger partial charge >= 0.3 is 0 Å². The van der Waals surface area contributed by atoms with E-state index >= 15 is 0 Å². The Kier molecular flexibility index (Phi) is 4.80. The van der Waals surface area contributed by atoms with E-state index in [1.807, 2.05) is 12.1 Å². The summed E-state index contributed by atoms with van der Waals surface area (Å²) in [5.41, 5.74) is 2.97. The molecule has 0 aromatic heterocycles. The standard InChI is InChI=1S/C17H18ClNO/c1-12(2)14-8-6-13(7-9-14)11-19-17(20)15-4-3-5-16(18)10-15/h3-10,12H,11H2,1-2H3,(H,19,20). The summed E-state index contributed by atoms with van der Waals surface area (Å²) >= 11 is 5.87. The van der Waals surface area contributed by atoms with Crippen LogP contribution in [0.1, 0.15) is 41.3 Å². The van der Waals surface area contributed by atoms with Crippen LogP contribution in [0.4, 0.5) is 0 Å². The lowest BCUT2D eigenvalue weighted by atomic mass is 10.0. The molecular formula is C17H18ClNO. The van der Waals surface area contributed by atoms with Gasteiger partial charge in [0, 0.05) is 17.1 Å². The van der Waals surface area contributed by atoms with Crippen molar-refractivity contribution in [3.8, 4) is 0 Å². The summed E-state index contributed by atoms with van der Waals surface area (Å²) in [5, 5.41) is 3.46. The molecule has 2 nitrogen and oxygen atoms in total. The first-order chi connectivity index (χ1) is 9.56. The number of hydrogen-bond acceptors (Lipinski definition) is 1. The van der Waals surface area contributed by atoms with Crippen molar-refractivity contribution in [2.24, 2.45) is 0 Å². The quantitative estimate of drug-likeness (QED) is 0.887. The average Bonchev–Trinajstić information content (AvgIpc) is 2.45. The molecule has 0 saturated carbocycles. The number of benzene rings is 2. The highest BCUT2D eigenvalue weighted by molar-refractivity contribution is 6.30. The zero-order valence-corrected chi connectivity index (χ0v) is 12.4. The van der Waals surface area contributed by atoms with Crippen LogP contribution in [0, 0.1) is 0 Å². The molecule has 0 spiro atoms. The zero-order valence-electron chi connectivity index (χ0n) is 11.7. The molecule has 0 aliphatic heterocycles. The van der Waals surface area contributed by atoms with Gasteiger partial charge in [-0.05, 0) is 35.2 Å². The number of hydrogen-bond donors (Lipinski definition) is 1. The van der Waals surface area contributed by atoms with Crippen LogP contribution in [0.15, 0.2) is 48.5 Å². The highest BCUT2D eigenvalue weighted by Crippen LogP contribution is 2.15. The molecule has 0 bridgehead atoms. The lowest BCUT2D eigenvalue weighted by molar-refractivity contribution is 0.0951. The largest absolute Gasteiger partial charge is 0.348 e. The normalized spacial score (nSPS) is 10.6. The van der Waals surface area contributed by atoms with Crippen LogP contribution >= 0.6 is 11.6 Å². The third-order valence-electron chi connectivity index (χ3n) is 3.19. The summed E-state index contributed by atoms with van der Waals surface area (Å²) in [7, 11) is 0. The van der Waals surface area contributed by atoms with Gasteiger partial charge in [-0.2, -0.15) is 0 Å². The predicted octanol–water partition coefficient (Wildman–Crippen LogP) is 4.39. The molecule has 0 unspecified atom stereocenters. The molecule has 0 radical (unpaired) electrons. The van der Waals surface area contributed by atoms with E-state index in [0.717, 1.165) is 5.56 Å². The molecule has 2 aromatic carbocycles. The van der Waals surface area contributed by atoms with Crippen molar-refractivity contribution < 1.29 is 4.79 Å². The molecule has 0 aliphatic carbocycles. The van der Waals surface area contributed by atoms with E-state index in [1.54, 1.807) is 24.3 Å². The Bertz CT molecular complexity index is 590. The summed E-state index contributed by atoms with van der Waals surface area (Å²) in [6, 6.07) is 15.2. The Morgan fingerprint density at radius 2 is 1.85 bits per heavy atom. The van der Waals surface area contributed by atoms with Crippen molar-refractivity contribution in [3.63, 3.8) is 0 Å². The van der Waals surface area contributed by atoms with Crippen molar-refractivity contribution in [2.75, 3.05) is 0 Å². The molecule has 0 heterocycles. The molecular weight excluding hydrogens is 270 g/mol. The molecule has 20 heavy (non-hydrogen) atoms. The van der Waals surface area contributed by atoms with Crippen LogP contribution in [0.5, 0.6) is 0 Å². The van der Waals surface area contributed by atoms with Gasteiger partial charge in [-0.15, -0.1) is 0 Å². The Balaban J connectivity index is 1.96. The molecule has 1 amide bonds. The molecule has 0 atom stereocenters. The zero-order chi connectivity index (χ0) is 14.5. The SMILES string of the molecule is CC(C)c1ccc(CNC(=O)c2cccc(Cl)c2)cc1. The third-order valence-corrected chi connectivity index (χ3v) is 3.42. The fourth-order valence-corrected chi connectivity index (χ4v) is 2.12. The van der Waals surface area contributed by atoms with Gasteiger partial charge in [0.25, 0.3) is 5.91 Å². The smallest absolute Gasteiger partial charge is 0.251 e. The van der Waals surface area contributed by atoms with Crippen LogP contribution in [-0.2, 0) is 6.54 Å². The Labute approximate surface area is 124 Å². The van der Waals surface area contributed by atoms with Gasteiger partial charge in [0.2, 0.25) is 0 Å². The van der Waals surface area contributed by atoms with Crippen molar-refractivity contribution in [1.29, 1.82) is 0 Å². The van der Waals surface area contributed by atoms with Crippen LogP contribution < -0.4 is 5.32 Å². The first-order valence-electron chi connectivity index (χ1n) is 6.69. The molecule has 2 aromatic rings. The fourth-order valence-electron chi connectivity index (χ4n) is 1.93. The van der Waals surface area contributed by atoms with Gasteiger partial charge in [0.1, 0.15) is 0 Å².